The van der Waals surface area contributed by atoms with E-state index in [4.69, 9.17) is 4.74 Å². The molecule has 3 aromatic rings. The molecule has 0 amide bonds. The zero-order valence-electron chi connectivity index (χ0n) is 16.4. The van der Waals surface area contributed by atoms with E-state index in [1.807, 2.05) is 24.3 Å². The summed E-state index contributed by atoms with van der Waals surface area (Å²) in [7, 11) is -1.62. The molecule has 29 heavy (non-hydrogen) atoms. The Balaban J connectivity index is 1.44. The number of benzene rings is 2. The average Bonchev–Trinajstić information content (AvgIpc) is 2.74. The number of rotatable bonds is 6. The van der Waals surface area contributed by atoms with Crippen molar-refractivity contribution >= 4 is 20.7 Å². The Morgan fingerprint density at radius 2 is 2.00 bits per heavy atom. The van der Waals surface area contributed by atoms with Crippen LogP contribution in [0.5, 0.6) is 5.75 Å². The predicted molar refractivity (Wildman–Crippen MR) is 112 cm³/mol. The van der Waals surface area contributed by atoms with Gasteiger partial charge in [-0.15, -0.1) is 0 Å². The van der Waals surface area contributed by atoms with Gasteiger partial charge in [-0.05, 0) is 61.1 Å². The lowest BCUT2D eigenvalue weighted by Gasteiger charge is -2.26. The third-order valence-corrected chi connectivity index (χ3v) is 7.48. The molecule has 6 nitrogen and oxygen atoms in total. The van der Waals surface area contributed by atoms with Crippen LogP contribution in [-0.2, 0) is 16.4 Å². The van der Waals surface area contributed by atoms with E-state index >= 15 is 0 Å². The largest absolute Gasteiger partial charge is 0.497 e. The van der Waals surface area contributed by atoms with Crippen LogP contribution in [0.1, 0.15) is 37.2 Å². The van der Waals surface area contributed by atoms with Crippen molar-refractivity contribution in [3.8, 4) is 5.75 Å². The quantitative estimate of drug-likeness (QED) is 0.579. The van der Waals surface area contributed by atoms with Crippen molar-refractivity contribution in [3.05, 3.63) is 64.7 Å². The molecule has 0 saturated carbocycles. The van der Waals surface area contributed by atoms with Gasteiger partial charge in [-0.3, -0.25) is 9.36 Å². The average molecular weight is 413 g/mol. The number of hydrogen-bond donors (Lipinski definition) is 0. The van der Waals surface area contributed by atoms with Gasteiger partial charge in [-0.1, -0.05) is 18.6 Å². The number of methoxy groups -OCH3 is 1. The Morgan fingerprint density at radius 3 is 2.83 bits per heavy atom. The van der Waals surface area contributed by atoms with Crippen LogP contribution in [0.2, 0.25) is 0 Å². The highest BCUT2D eigenvalue weighted by Crippen LogP contribution is 2.38. The summed E-state index contributed by atoms with van der Waals surface area (Å²) in [6, 6.07) is 12.6. The molecule has 4 rings (SSSR count). The van der Waals surface area contributed by atoms with Gasteiger partial charge >= 0.3 is 0 Å². The van der Waals surface area contributed by atoms with Crippen molar-refractivity contribution in [3.63, 3.8) is 0 Å². The summed E-state index contributed by atoms with van der Waals surface area (Å²) in [5.41, 5.74) is 1.55. The Bertz CT molecular complexity index is 1200. The highest BCUT2D eigenvalue weighted by atomic mass is 32.2. The Hall–Kier alpha value is -2.67. The first kappa shape index (κ1) is 19.6. The normalized spacial score (nSPS) is 17.8. The summed E-state index contributed by atoms with van der Waals surface area (Å²) in [5.74, 6) is 1.06. The van der Waals surface area contributed by atoms with Gasteiger partial charge in [0, 0.05) is 6.54 Å². The maximum absolute atomic E-state index is 12.6. The molecule has 0 spiro atoms. The smallest absolute Gasteiger partial charge is 0.261 e. The highest BCUT2D eigenvalue weighted by Gasteiger charge is 2.30. The number of ether oxygens (including phenoxy) is 1. The molecule has 1 aromatic heterocycles. The zero-order chi connectivity index (χ0) is 20.4. The van der Waals surface area contributed by atoms with Gasteiger partial charge in [0.05, 0.1) is 35.0 Å². The Labute approximate surface area is 170 Å². The van der Waals surface area contributed by atoms with Crippen LogP contribution in [-0.4, -0.2) is 30.8 Å². The third kappa shape index (κ3) is 3.92. The fourth-order valence-electron chi connectivity index (χ4n) is 4.06. The van der Waals surface area contributed by atoms with Gasteiger partial charge in [-0.25, -0.2) is 13.4 Å². The maximum atomic E-state index is 12.6. The van der Waals surface area contributed by atoms with Crippen molar-refractivity contribution in [1.29, 1.82) is 0 Å². The zero-order valence-corrected chi connectivity index (χ0v) is 17.2. The standard InChI is InChI=1S/C22H24N2O4S/c1-28-17-9-10-21-19(14-17)16(11-13-29(21,26)27)6-4-5-12-24-15-23-20-8-3-2-7-18(20)22(24)25/h2-3,7-10,14-16H,4-6,11-13H2,1H3. The predicted octanol–water partition coefficient (Wildman–Crippen LogP) is 3.54. The van der Waals surface area contributed by atoms with E-state index in [0.29, 0.717) is 34.5 Å². The molecule has 0 fully saturated rings. The van der Waals surface area contributed by atoms with E-state index in [-0.39, 0.29) is 17.2 Å². The number of nitrogens with zero attached hydrogens (tertiary/aromatic N) is 2. The second-order valence-corrected chi connectivity index (χ2v) is 9.54. The molecule has 1 unspecified atom stereocenters. The van der Waals surface area contributed by atoms with Gasteiger partial charge < -0.3 is 4.74 Å². The van der Waals surface area contributed by atoms with Crippen molar-refractivity contribution in [1.82, 2.24) is 9.55 Å². The summed E-state index contributed by atoms with van der Waals surface area (Å²) in [5, 5.41) is 0.633. The molecule has 1 aliphatic rings. The first-order valence-corrected chi connectivity index (χ1v) is 11.5. The Kier molecular flexibility index (Phi) is 5.41. The van der Waals surface area contributed by atoms with Crippen LogP contribution in [0.3, 0.4) is 0 Å². The molecule has 2 heterocycles. The topological polar surface area (TPSA) is 78.3 Å². The summed E-state index contributed by atoms with van der Waals surface area (Å²) < 4.78 is 31.7. The van der Waals surface area contributed by atoms with E-state index in [0.717, 1.165) is 24.8 Å². The minimum Gasteiger partial charge on any atom is -0.497 e. The maximum Gasteiger partial charge on any atom is 0.261 e. The van der Waals surface area contributed by atoms with Gasteiger partial charge in [-0.2, -0.15) is 0 Å². The van der Waals surface area contributed by atoms with Crippen LogP contribution in [0.4, 0.5) is 0 Å². The van der Waals surface area contributed by atoms with Crippen molar-refractivity contribution in [2.75, 3.05) is 12.9 Å². The van der Waals surface area contributed by atoms with E-state index in [9.17, 15) is 13.2 Å². The second-order valence-electron chi connectivity index (χ2n) is 7.46. The van der Waals surface area contributed by atoms with E-state index in [2.05, 4.69) is 4.98 Å². The SMILES string of the molecule is COc1ccc2c(c1)C(CCCCn1cnc3ccccc3c1=O)CCS2(=O)=O. The second kappa shape index (κ2) is 7.99. The monoisotopic (exact) mass is 412 g/mol. The fraction of sp³-hybridized carbons (Fsp3) is 0.364. The van der Waals surface area contributed by atoms with Crippen LogP contribution in [0, 0.1) is 0 Å². The van der Waals surface area contributed by atoms with Crippen molar-refractivity contribution in [2.45, 2.75) is 43.0 Å². The summed E-state index contributed by atoms with van der Waals surface area (Å²) in [4.78, 5) is 17.4. The number of unbranched alkanes of at least 4 members (excludes halogenated alkanes) is 1. The number of sulfone groups is 1. The molecule has 1 aliphatic heterocycles. The van der Waals surface area contributed by atoms with Crippen LogP contribution in [0.25, 0.3) is 10.9 Å². The molecule has 2 aromatic carbocycles. The summed E-state index contributed by atoms with van der Waals surface area (Å²) >= 11 is 0. The number of hydrogen-bond acceptors (Lipinski definition) is 5. The molecule has 0 saturated heterocycles. The molecule has 7 heteroatoms. The highest BCUT2D eigenvalue weighted by molar-refractivity contribution is 7.91. The van der Waals surface area contributed by atoms with E-state index in [1.165, 1.54) is 0 Å². The first-order valence-electron chi connectivity index (χ1n) is 9.84. The van der Waals surface area contributed by atoms with Gasteiger partial charge in [0.2, 0.25) is 0 Å². The molecule has 152 valence electrons. The summed E-state index contributed by atoms with van der Waals surface area (Å²) in [6.07, 6.45) is 4.85. The lowest BCUT2D eigenvalue weighted by molar-refractivity contribution is 0.412. The first-order chi connectivity index (χ1) is 14.0. The van der Waals surface area contributed by atoms with Crippen molar-refractivity contribution < 1.29 is 13.2 Å². The molecule has 0 aliphatic carbocycles. The lowest BCUT2D eigenvalue weighted by Crippen LogP contribution is -2.21. The number of para-hydroxylation sites is 1. The summed E-state index contributed by atoms with van der Waals surface area (Å²) in [6.45, 7) is 0.604. The molecule has 0 radical (unpaired) electrons. The molecule has 0 bridgehead atoms. The number of aromatic nitrogens is 2. The Morgan fingerprint density at radius 1 is 1.17 bits per heavy atom. The van der Waals surface area contributed by atoms with E-state index < -0.39 is 9.84 Å². The molecular formula is C22H24N2O4S. The van der Waals surface area contributed by atoms with Crippen LogP contribution < -0.4 is 10.3 Å². The fourth-order valence-corrected chi connectivity index (χ4v) is 5.73. The number of aryl methyl sites for hydroxylation is 1. The molecular weight excluding hydrogens is 388 g/mol. The van der Waals surface area contributed by atoms with Gasteiger partial charge in [0.15, 0.2) is 9.84 Å². The van der Waals surface area contributed by atoms with Gasteiger partial charge in [0.25, 0.3) is 5.56 Å². The van der Waals surface area contributed by atoms with Crippen LogP contribution >= 0.6 is 0 Å². The van der Waals surface area contributed by atoms with Crippen LogP contribution in [0.15, 0.2) is 58.5 Å². The van der Waals surface area contributed by atoms with Crippen molar-refractivity contribution in [2.24, 2.45) is 0 Å². The lowest BCUT2D eigenvalue weighted by atomic mass is 9.90. The van der Waals surface area contributed by atoms with Gasteiger partial charge in [0.1, 0.15) is 5.75 Å². The third-order valence-electron chi connectivity index (χ3n) is 5.66. The van der Waals surface area contributed by atoms with E-state index in [1.54, 1.807) is 36.2 Å². The minimum atomic E-state index is -3.21. The number of fused-ring (bicyclic) bond motifs is 2. The minimum absolute atomic E-state index is 0.0190. The molecule has 0 N–H and O–H groups in total. The molecule has 1 atom stereocenters.